The van der Waals surface area contributed by atoms with Crippen molar-refractivity contribution in [2.75, 3.05) is 26.3 Å². The third kappa shape index (κ3) is 6.56. The number of ether oxygens (including phenoxy) is 1. The molecule has 20 heavy (non-hydrogen) atoms. The first-order valence-electron chi connectivity index (χ1n) is 7.08. The third-order valence-corrected chi connectivity index (χ3v) is 3.41. The topological polar surface area (TPSA) is 55.6 Å². The number of hydrogen-bond donors (Lipinski definition) is 1. The van der Waals surface area contributed by atoms with E-state index in [9.17, 15) is 18.0 Å². The van der Waals surface area contributed by atoms with Crippen molar-refractivity contribution < 1.29 is 22.7 Å². The van der Waals surface area contributed by atoms with Gasteiger partial charge < -0.3 is 15.4 Å². The number of halogens is 3. The summed E-state index contributed by atoms with van der Waals surface area (Å²) in [5.74, 6) is -0.132. The molecular weight excluding hydrogens is 273 g/mol. The molecule has 0 bridgehead atoms. The van der Waals surface area contributed by atoms with E-state index in [4.69, 9.17) is 5.73 Å². The molecule has 1 aliphatic carbocycles. The number of hydrogen-bond acceptors (Lipinski definition) is 3. The van der Waals surface area contributed by atoms with Crippen LogP contribution in [0.4, 0.5) is 13.2 Å². The van der Waals surface area contributed by atoms with Crippen LogP contribution in [-0.4, -0.2) is 49.3 Å². The van der Waals surface area contributed by atoms with Crippen LogP contribution in [0.3, 0.4) is 0 Å². The van der Waals surface area contributed by atoms with E-state index < -0.39 is 12.8 Å². The Bertz CT molecular complexity index is 292. The maximum absolute atomic E-state index is 12.1. The van der Waals surface area contributed by atoms with E-state index >= 15 is 0 Å². The number of amides is 1. The summed E-state index contributed by atoms with van der Waals surface area (Å²) in [5.41, 5.74) is 5.46. The molecule has 2 N–H and O–H groups in total. The minimum absolute atomic E-state index is 0.00283. The van der Waals surface area contributed by atoms with Gasteiger partial charge in [-0.25, -0.2) is 0 Å². The van der Waals surface area contributed by atoms with E-state index in [0.717, 1.165) is 25.7 Å². The van der Waals surface area contributed by atoms with Crippen LogP contribution in [0.15, 0.2) is 0 Å². The van der Waals surface area contributed by atoms with Gasteiger partial charge in [-0.3, -0.25) is 4.79 Å². The van der Waals surface area contributed by atoms with Crippen molar-refractivity contribution in [3.8, 4) is 0 Å². The van der Waals surface area contributed by atoms with Gasteiger partial charge in [0, 0.05) is 12.6 Å². The Balaban J connectivity index is 2.34. The fraction of sp³-hybridized carbons (Fsp3) is 0.923. The summed E-state index contributed by atoms with van der Waals surface area (Å²) < 4.78 is 40.2. The summed E-state index contributed by atoms with van der Waals surface area (Å²) in [6.07, 6.45) is 0.513. The highest BCUT2D eigenvalue weighted by Crippen LogP contribution is 2.24. The van der Waals surface area contributed by atoms with Crippen LogP contribution in [0.25, 0.3) is 0 Å². The number of rotatable bonds is 8. The fourth-order valence-electron chi connectivity index (χ4n) is 2.48. The Hall–Kier alpha value is -0.820. The summed E-state index contributed by atoms with van der Waals surface area (Å²) in [7, 11) is 0. The van der Waals surface area contributed by atoms with Gasteiger partial charge in [-0.15, -0.1) is 0 Å². The van der Waals surface area contributed by atoms with Crippen molar-refractivity contribution in [3.63, 3.8) is 0 Å². The quantitative estimate of drug-likeness (QED) is 0.698. The normalized spacial score (nSPS) is 16.6. The van der Waals surface area contributed by atoms with Crippen LogP contribution >= 0.6 is 0 Å². The van der Waals surface area contributed by atoms with E-state index in [1.54, 1.807) is 4.90 Å². The lowest BCUT2D eigenvalue weighted by atomic mass is 10.2. The van der Waals surface area contributed by atoms with Gasteiger partial charge in [-0.1, -0.05) is 12.8 Å². The summed E-state index contributed by atoms with van der Waals surface area (Å²) in [5, 5.41) is 0. The van der Waals surface area contributed by atoms with Gasteiger partial charge in [0.05, 0.1) is 13.0 Å². The zero-order valence-corrected chi connectivity index (χ0v) is 11.6. The lowest BCUT2D eigenvalue weighted by Crippen LogP contribution is -2.40. The van der Waals surface area contributed by atoms with Crippen molar-refractivity contribution in [3.05, 3.63) is 0 Å². The maximum atomic E-state index is 12.1. The second-order valence-electron chi connectivity index (χ2n) is 5.09. The molecule has 1 rings (SSSR count). The Kier molecular flexibility index (Phi) is 7.29. The van der Waals surface area contributed by atoms with Crippen LogP contribution in [0.2, 0.25) is 0 Å². The Morgan fingerprint density at radius 2 is 1.95 bits per heavy atom. The first kappa shape index (κ1) is 17.2. The lowest BCUT2D eigenvalue weighted by Gasteiger charge is -2.29. The third-order valence-electron chi connectivity index (χ3n) is 3.41. The maximum Gasteiger partial charge on any atom is 0.411 e. The average molecular weight is 296 g/mol. The van der Waals surface area contributed by atoms with Gasteiger partial charge in [0.25, 0.3) is 0 Å². The molecule has 118 valence electrons. The van der Waals surface area contributed by atoms with Crippen molar-refractivity contribution in [1.82, 2.24) is 4.90 Å². The minimum atomic E-state index is -4.34. The summed E-state index contributed by atoms with van der Waals surface area (Å²) in [4.78, 5) is 13.9. The standard InChI is InChI=1S/C13H23F3N2O2/c14-13(15,16)10-20-9-6-12(19)18(8-3-7-17)11-4-1-2-5-11/h11H,1-10,17H2. The van der Waals surface area contributed by atoms with Gasteiger partial charge in [0.15, 0.2) is 0 Å². The molecule has 7 heteroatoms. The number of carbonyl (C=O) groups is 1. The Morgan fingerprint density at radius 3 is 2.50 bits per heavy atom. The molecule has 0 aliphatic heterocycles. The molecule has 0 aromatic carbocycles. The lowest BCUT2D eigenvalue weighted by molar-refractivity contribution is -0.175. The zero-order valence-electron chi connectivity index (χ0n) is 11.6. The molecule has 0 spiro atoms. The highest BCUT2D eigenvalue weighted by molar-refractivity contribution is 5.76. The SMILES string of the molecule is NCCCN(C(=O)CCOCC(F)(F)F)C1CCCC1. The number of nitrogens with zero attached hydrogens (tertiary/aromatic N) is 1. The molecule has 0 aromatic heterocycles. The summed E-state index contributed by atoms with van der Waals surface area (Å²) >= 11 is 0. The second-order valence-corrected chi connectivity index (χ2v) is 5.09. The van der Waals surface area contributed by atoms with Crippen molar-refractivity contribution in [2.45, 2.75) is 50.7 Å². The van der Waals surface area contributed by atoms with Gasteiger partial charge in [-0.2, -0.15) is 13.2 Å². The Morgan fingerprint density at radius 1 is 1.30 bits per heavy atom. The first-order valence-corrected chi connectivity index (χ1v) is 7.08. The molecule has 0 radical (unpaired) electrons. The largest absolute Gasteiger partial charge is 0.411 e. The molecular formula is C13H23F3N2O2. The van der Waals surface area contributed by atoms with Crippen molar-refractivity contribution in [1.29, 1.82) is 0 Å². The first-order chi connectivity index (χ1) is 9.44. The van der Waals surface area contributed by atoms with Crippen molar-refractivity contribution >= 4 is 5.91 Å². The second kappa shape index (κ2) is 8.46. The Labute approximate surface area is 117 Å². The van der Waals surface area contributed by atoms with Crippen LogP contribution in [0.1, 0.15) is 38.5 Å². The van der Waals surface area contributed by atoms with Crippen LogP contribution in [0.5, 0.6) is 0 Å². The molecule has 0 atom stereocenters. The molecule has 1 fully saturated rings. The number of alkyl halides is 3. The summed E-state index contributed by atoms with van der Waals surface area (Å²) in [6.45, 7) is -0.406. The van der Waals surface area contributed by atoms with E-state index in [2.05, 4.69) is 4.74 Å². The van der Waals surface area contributed by atoms with Gasteiger partial charge in [0.1, 0.15) is 6.61 Å². The van der Waals surface area contributed by atoms with E-state index in [1.807, 2.05) is 0 Å². The average Bonchev–Trinajstić information content (AvgIpc) is 2.88. The van der Waals surface area contributed by atoms with E-state index in [-0.39, 0.29) is 25.0 Å². The molecule has 1 saturated carbocycles. The molecule has 1 amide bonds. The van der Waals surface area contributed by atoms with Crippen LogP contribution in [0, 0.1) is 0 Å². The highest BCUT2D eigenvalue weighted by Gasteiger charge is 2.28. The van der Waals surface area contributed by atoms with E-state index in [0.29, 0.717) is 19.5 Å². The monoisotopic (exact) mass is 296 g/mol. The highest BCUT2D eigenvalue weighted by atomic mass is 19.4. The minimum Gasteiger partial charge on any atom is -0.372 e. The predicted octanol–water partition coefficient (Wildman–Crippen LogP) is 2.08. The zero-order chi connectivity index (χ0) is 15.0. The molecule has 4 nitrogen and oxygen atoms in total. The van der Waals surface area contributed by atoms with Gasteiger partial charge in [0.2, 0.25) is 5.91 Å². The predicted molar refractivity (Wildman–Crippen MR) is 69.1 cm³/mol. The number of carbonyl (C=O) groups excluding carboxylic acids is 1. The van der Waals surface area contributed by atoms with E-state index in [1.165, 1.54) is 0 Å². The van der Waals surface area contributed by atoms with Gasteiger partial charge in [-0.05, 0) is 25.8 Å². The molecule has 0 saturated heterocycles. The van der Waals surface area contributed by atoms with Crippen LogP contribution in [-0.2, 0) is 9.53 Å². The van der Waals surface area contributed by atoms with Crippen LogP contribution < -0.4 is 5.73 Å². The fourth-order valence-corrected chi connectivity index (χ4v) is 2.48. The molecule has 1 aliphatic rings. The number of nitrogens with two attached hydrogens (primary N) is 1. The molecule has 0 heterocycles. The molecule has 0 aromatic rings. The smallest absolute Gasteiger partial charge is 0.372 e. The summed E-state index contributed by atoms with van der Waals surface area (Å²) in [6, 6.07) is 0.219. The molecule has 0 unspecified atom stereocenters. The van der Waals surface area contributed by atoms with Crippen molar-refractivity contribution in [2.24, 2.45) is 5.73 Å². The van der Waals surface area contributed by atoms with Gasteiger partial charge >= 0.3 is 6.18 Å².